The third-order valence-electron chi connectivity index (χ3n) is 3.46. The summed E-state index contributed by atoms with van der Waals surface area (Å²) in [5, 5.41) is 0. The lowest BCUT2D eigenvalue weighted by Gasteiger charge is -2.32. The van der Waals surface area contributed by atoms with Gasteiger partial charge in [-0.3, -0.25) is 0 Å². The van der Waals surface area contributed by atoms with Crippen molar-refractivity contribution >= 4 is 8.56 Å². The van der Waals surface area contributed by atoms with E-state index < -0.39 is 8.56 Å². The van der Waals surface area contributed by atoms with Crippen molar-refractivity contribution in [3.63, 3.8) is 0 Å². The third-order valence-corrected chi connectivity index (χ3v) is 7.01. The molecule has 0 rings (SSSR count). The van der Waals surface area contributed by atoms with Crippen molar-refractivity contribution in [2.45, 2.75) is 85.7 Å². The molecule has 19 heavy (non-hydrogen) atoms. The molecule has 0 fully saturated rings. The zero-order valence-electron chi connectivity index (χ0n) is 14.2. The molecule has 0 aromatic rings. The lowest BCUT2D eigenvalue weighted by molar-refractivity contribution is 0.119. The van der Waals surface area contributed by atoms with Gasteiger partial charge in [0.05, 0.1) is 0 Å². The summed E-state index contributed by atoms with van der Waals surface area (Å²) in [6, 6.07) is 2.13. The standard InChI is InChI=1S/C16H36O2Si/c1-7-10-11-12-13-14-17-19(8-2,9-3)18-15-16(4,5)6/h7-15H2,1-6H3. The van der Waals surface area contributed by atoms with E-state index in [1.807, 2.05) is 0 Å². The summed E-state index contributed by atoms with van der Waals surface area (Å²) >= 11 is 0. The van der Waals surface area contributed by atoms with E-state index in [0.717, 1.165) is 25.3 Å². The largest absolute Gasteiger partial charge is 0.394 e. The van der Waals surface area contributed by atoms with Crippen LogP contribution in [0.15, 0.2) is 0 Å². The van der Waals surface area contributed by atoms with Gasteiger partial charge in [0, 0.05) is 13.2 Å². The summed E-state index contributed by atoms with van der Waals surface area (Å²) < 4.78 is 12.5. The Morgan fingerprint density at radius 1 is 0.789 bits per heavy atom. The van der Waals surface area contributed by atoms with Gasteiger partial charge in [0.1, 0.15) is 0 Å². The van der Waals surface area contributed by atoms with Gasteiger partial charge in [-0.05, 0) is 23.9 Å². The maximum Gasteiger partial charge on any atom is 0.337 e. The normalized spacial score (nSPS) is 12.9. The van der Waals surface area contributed by atoms with Crippen LogP contribution in [0.2, 0.25) is 12.1 Å². The first-order chi connectivity index (χ1) is 8.89. The van der Waals surface area contributed by atoms with Crippen LogP contribution in [0, 0.1) is 5.41 Å². The summed E-state index contributed by atoms with van der Waals surface area (Å²) in [4.78, 5) is 0. The first kappa shape index (κ1) is 19.1. The van der Waals surface area contributed by atoms with Gasteiger partial charge >= 0.3 is 8.56 Å². The van der Waals surface area contributed by atoms with Crippen LogP contribution in [0.5, 0.6) is 0 Å². The summed E-state index contributed by atoms with van der Waals surface area (Å²) in [6.07, 6.45) is 6.48. The second-order valence-corrected chi connectivity index (χ2v) is 10.5. The Labute approximate surface area is 122 Å². The fourth-order valence-corrected chi connectivity index (χ4v) is 4.62. The Kier molecular flexibility index (Phi) is 10.0. The van der Waals surface area contributed by atoms with E-state index in [-0.39, 0.29) is 5.41 Å². The molecule has 0 aliphatic heterocycles. The Bertz CT molecular complexity index is 207. The summed E-state index contributed by atoms with van der Waals surface area (Å²) in [5.41, 5.74) is 0.229. The molecule has 0 amide bonds. The molecule has 0 bridgehead atoms. The average molecular weight is 289 g/mol. The predicted molar refractivity (Wildman–Crippen MR) is 86.8 cm³/mol. The Morgan fingerprint density at radius 2 is 1.37 bits per heavy atom. The molecule has 0 N–H and O–H groups in total. The highest BCUT2D eigenvalue weighted by atomic mass is 28.4. The fourth-order valence-electron chi connectivity index (χ4n) is 2.01. The van der Waals surface area contributed by atoms with Gasteiger partial charge in [-0.1, -0.05) is 67.2 Å². The van der Waals surface area contributed by atoms with Crippen molar-refractivity contribution in [3.05, 3.63) is 0 Å². The highest BCUT2D eigenvalue weighted by Crippen LogP contribution is 2.23. The molecule has 116 valence electrons. The van der Waals surface area contributed by atoms with E-state index in [2.05, 4.69) is 41.5 Å². The molecule has 0 heterocycles. The van der Waals surface area contributed by atoms with Gasteiger partial charge in [-0.15, -0.1) is 0 Å². The topological polar surface area (TPSA) is 18.5 Å². The number of rotatable bonds is 11. The third kappa shape index (κ3) is 9.64. The zero-order chi connectivity index (χ0) is 14.8. The van der Waals surface area contributed by atoms with E-state index in [1.165, 1.54) is 32.1 Å². The molecule has 3 heteroatoms. The minimum Gasteiger partial charge on any atom is -0.394 e. The van der Waals surface area contributed by atoms with Gasteiger partial charge in [0.25, 0.3) is 0 Å². The average Bonchev–Trinajstić information content (AvgIpc) is 2.37. The van der Waals surface area contributed by atoms with Gasteiger partial charge in [0.2, 0.25) is 0 Å². The van der Waals surface area contributed by atoms with Crippen LogP contribution in [-0.4, -0.2) is 21.8 Å². The van der Waals surface area contributed by atoms with Crippen LogP contribution in [0.3, 0.4) is 0 Å². The van der Waals surface area contributed by atoms with Gasteiger partial charge in [-0.2, -0.15) is 0 Å². The maximum atomic E-state index is 6.24. The maximum absolute atomic E-state index is 6.24. The molecule has 0 spiro atoms. The highest BCUT2D eigenvalue weighted by molar-refractivity contribution is 6.67. The second-order valence-electron chi connectivity index (χ2n) is 6.73. The Hall–Kier alpha value is 0.137. The molecule has 2 nitrogen and oxygen atoms in total. The highest BCUT2D eigenvalue weighted by Gasteiger charge is 2.34. The molecular formula is C16H36O2Si. The quantitative estimate of drug-likeness (QED) is 0.368. The van der Waals surface area contributed by atoms with Crippen molar-refractivity contribution in [1.82, 2.24) is 0 Å². The Morgan fingerprint density at radius 3 is 1.84 bits per heavy atom. The SMILES string of the molecule is CCCCCCCO[Si](CC)(CC)OCC(C)(C)C. The lowest BCUT2D eigenvalue weighted by atomic mass is 9.99. The smallest absolute Gasteiger partial charge is 0.337 e. The number of hydrogen-bond acceptors (Lipinski definition) is 2. The van der Waals surface area contributed by atoms with Crippen LogP contribution in [0.1, 0.15) is 73.6 Å². The molecule has 0 saturated heterocycles. The van der Waals surface area contributed by atoms with E-state index >= 15 is 0 Å². The second kappa shape index (κ2) is 9.95. The van der Waals surface area contributed by atoms with Crippen molar-refractivity contribution in [2.75, 3.05) is 13.2 Å². The summed E-state index contributed by atoms with van der Waals surface area (Å²) in [7, 11) is -1.92. The molecule has 0 atom stereocenters. The predicted octanol–water partition coefficient (Wildman–Crippen LogP) is 5.52. The van der Waals surface area contributed by atoms with E-state index in [0.29, 0.717) is 0 Å². The molecule has 0 unspecified atom stereocenters. The first-order valence-electron chi connectivity index (χ1n) is 8.17. The fraction of sp³-hybridized carbons (Fsp3) is 1.00. The molecule has 0 radical (unpaired) electrons. The van der Waals surface area contributed by atoms with Crippen molar-refractivity contribution in [2.24, 2.45) is 5.41 Å². The van der Waals surface area contributed by atoms with Crippen LogP contribution in [0.4, 0.5) is 0 Å². The summed E-state index contributed by atoms with van der Waals surface area (Å²) in [5.74, 6) is 0. The van der Waals surface area contributed by atoms with Gasteiger partial charge in [0.15, 0.2) is 0 Å². The summed E-state index contributed by atoms with van der Waals surface area (Å²) in [6.45, 7) is 15.1. The lowest BCUT2D eigenvalue weighted by Crippen LogP contribution is -2.43. The van der Waals surface area contributed by atoms with Crippen LogP contribution >= 0.6 is 0 Å². The first-order valence-corrected chi connectivity index (χ1v) is 10.4. The Balaban J connectivity index is 4.01. The van der Waals surface area contributed by atoms with Crippen LogP contribution < -0.4 is 0 Å². The monoisotopic (exact) mass is 288 g/mol. The molecule has 0 aromatic heterocycles. The molecule has 0 aliphatic carbocycles. The van der Waals surface area contributed by atoms with E-state index in [4.69, 9.17) is 8.85 Å². The zero-order valence-corrected chi connectivity index (χ0v) is 15.2. The van der Waals surface area contributed by atoms with Gasteiger partial charge < -0.3 is 8.85 Å². The number of hydrogen-bond donors (Lipinski definition) is 0. The number of unbranched alkanes of at least 4 members (excludes halogenated alkanes) is 4. The minimum atomic E-state index is -1.92. The van der Waals surface area contributed by atoms with Gasteiger partial charge in [-0.25, -0.2) is 0 Å². The van der Waals surface area contributed by atoms with Crippen molar-refractivity contribution < 1.29 is 8.85 Å². The van der Waals surface area contributed by atoms with Crippen molar-refractivity contribution in [1.29, 1.82) is 0 Å². The molecule has 0 saturated carbocycles. The molecular weight excluding hydrogens is 252 g/mol. The van der Waals surface area contributed by atoms with Crippen LogP contribution in [0.25, 0.3) is 0 Å². The molecule has 0 aromatic carbocycles. The van der Waals surface area contributed by atoms with Crippen LogP contribution in [-0.2, 0) is 8.85 Å². The van der Waals surface area contributed by atoms with E-state index in [9.17, 15) is 0 Å². The minimum absolute atomic E-state index is 0.229. The van der Waals surface area contributed by atoms with E-state index in [1.54, 1.807) is 0 Å². The molecule has 0 aliphatic rings. The van der Waals surface area contributed by atoms with Crippen molar-refractivity contribution in [3.8, 4) is 0 Å².